The quantitative estimate of drug-likeness (QED) is 0.564. The van der Waals surface area contributed by atoms with Crippen molar-refractivity contribution >= 4 is 5.91 Å². The van der Waals surface area contributed by atoms with Crippen LogP contribution < -0.4 is 0 Å². The van der Waals surface area contributed by atoms with Crippen LogP contribution in [0.15, 0.2) is 54.6 Å². The van der Waals surface area contributed by atoms with Gasteiger partial charge in [0.25, 0.3) is 5.91 Å². The summed E-state index contributed by atoms with van der Waals surface area (Å²) in [5, 5.41) is 0. The topological polar surface area (TPSA) is 23.6 Å². The number of piperidine rings is 1. The molecule has 1 saturated heterocycles. The van der Waals surface area contributed by atoms with E-state index in [1.165, 1.54) is 69.2 Å². The number of benzene rings is 2. The lowest BCUT2D eigenvalue weighted by molar-refractivity contribution is 0.0605. The van der Waals surface area contributed by atoms with Gasteiger partial charge in [-0.1, -0.05) is 61.7 Å². The molecule has 2 bridgehead atoms. The Morgan fingerprint density at radius 2 is 1.53 bits per heavy atom. The summed E-state index contributed by atoms with van der Waals surface area (Å²) in [6.45, 7) is 4.31. The Bertz CT molecular complexity index is 873. The molecule has 3 heteroatoms. The van der Waals surface area contributed by atoms with E-state index in [4.69, 9.17) is 0 Å². The minimum Gasteiger partial charge on any atom is -0.341 e. The van der Waals surface area contributed by atoms with Gasteiger partial charge in [0.1, 0.15) is 0 Å². The largest absolute Gasteiger partial charge is 0.341 e. The summed E-state index contributed by atoms with van der Waals surface area (Å²) >= 11 is 0. The zero-order valence-electron chi connectivity index (χ0n) is 19.6. The Kier molecular flexibility index (Phi) is 6.64. The van der Waals surface area contributed by atoms with Crippen LogP contribution in [0.1, 0.15) is 72.3 Å². The predicted molar refractivity (Wildman–Crippen MR) is 131 cm³/mol. The Morgan fingerprint density at radius 3 is 2.19 bits per heavy atom. The van der Waals surface area contributed by atoms with E-state index in [1.54, 1.807) is 0 Å². The highest BCUT2D eigenvalue weighted by atomic mass is 16.2. The van der Waals surface area contributed by atoms with Gasteiger partial charge >= 0.3 is 0 Å². The highest BCUT2D eigenvalue weighted by Crippen LogP contribution is 2.42. The predicted octanol–water partition coefficient (Wildman–Crippen LogP) is 5.96. The van der Waals surface area contributed by atoms with Crippen LogP contribution in [0.4, 0.5) is 0 Å². The van der Waals surface area contributed by atoms with Gasteiger partial charge < -0.3 is 4.90 Å². The first kappa shape index (κ1) is 21.7. The fraction of sp³-hybridized carbons (Fsp3) is 0.552. The molecule has 0 aromatic heterocycles. The van der Waals surface area contributed by atoms with Gasteiger partial charge in [-0.25, -0.2) is 0 Å². The van der Waals surface area contributed by atoms with E-state index in [2.05, 4.69) is 59.5 Å². The Morgan fingerprint density at radius 1 is 0.875 bits per heavy atom. The van der Waals surface area contributed by atoms with Gasteiger partial charge in [0, 0.05) is 38.8 Å². The maximum atomic E-state index is 13.2. The summed E-state index contributed by atoms with van der Waals surface area (Å²) in [4.78, 5) is 17.8. The molecule has 1 amide bonds. The van der Waals surface area contributed by atoms with E-state index >= 15 is 0 Å². The van der Waals surface area contributed by atoms with Gasteiger partial charge in [-0.2, -0.15) is 0 Å². The SMILES string of the molecule is CN(CC1C2CCC1CN(Cc1ccccc1)C2)C(=O)c1ccc(C2CCCCC2)cc1. The summed E-state index contributed by atoms with van der Waals surface area (Å²) in [6, 6.07) is 19.4. The molecule has 2 aliphatic carbocycles. The van der Waals surface area contributed by atoms with Crippen LogP contribution >= 0.6 is 0 Å². The van der Waals surface area contributed by atoms with Crippen LogP contribution in [-0.2, 0) is 6.54 Å². The second-order valence-electron chi connectivity index (χ2n) is 10.6. The number of nitrogens with zero attached hydrogens (tertiary/aromatic N) is 2. The van der Waals surface area contributed by atoms with Crippen molar-refractivity contribution in [3.8, 4) is 0 Å². The van der Waals surface area contributed by atoms with Gasteiger partial charge in [-0.15, -0.1) is 0 Å². The molecule has 2 aromatic rings. The Balaban J connectivity index is 1.17. The van der Waals surface area contributed by atoms with Crippen molar-refractivity contribution < 1.29 is 4.79 Å². The standard InChI is InChI=1S/C29H38N2O/c1-30(29(32)25-14-12-24(13-15-25)23-10-6-3-7-11-23)21-28-26-16-17-27(28)20-31(19-26)18-22-8-4-2-5-9-22/h2,4-5,8-9,12-15,23,26-28H,3,6-7,10-11,16-21H2,1H3. The number of likely N-dealkylation sites (tertiary alicyclic amines) is 1. The van der Waals surface area contributed by atoms with E-state index in [9.17, 15) is 4.79 Å². The smallest absolute Gasteiger partial charge is 0.253 e. The molecule has 3 aliphatic rings. The van der Waals surface area contributed by atoms with Crippen molar-refractivity contribution in [3.05, 3.63) is 71.3 Å². The first-order valence-electron chi connectivity index (χ1n) is 12.8. The third-order valence-corrected chi connectivity index (χ3v) is 8.42. The molecule has 0 radical (unpaired) electrons. The van der Waals surface area contributed by atoms with Crippen molar-refractivity contribution in [2.75, 3.05) is 26.7 Å². The van der Waals surface area contributed by atoms with E-state index < -0.39 is 0 Å². The van der Waals surface area contributed by atoms with Crippen molar-refractivity contribution in [2.24, 2.45) is 17.8 Å². The second kappa shape index (κ2) is 9.79. The Labute approximate surface area is 193 Å². The minimum atomic E-state index is 0.186. The molecule has 0 N–H and O–H groups in total. The van der Waals surface area contributed by atoms with Gasteiger partial charge in [-0.05, 0) is 72.6 Å². The molecule has 5 rings (SSSR count). The average Bonchev–Trinajstić information content (AvgIpc) is 3.07. The molecule has 0 spiro atoms. The summed E-state index contributed by atoms with van der Waals surface area (Å²) in [7, 11) is 2.01. The van der Waals surface area contributed by atoms with Crippen LogP contribution in [-0.4, -0.2) is 42.4 Å². The zero-order valence-corrected chi connectivity index (χ0v) is 19.6. The van der Waals surface area contributed by atoms with Gasteiger partial charge in [-0.3, -0.25) is 9.69 Å². The summed E-state index contributed by atoms with van der Waals surface area (Å²) in [6.07, 6.45) is 9.32. The van der Waals surface area contributed by atoms with Crippen molar-refractivity contribution in [1.82, 2.24) is 9.80 Å². The van der Waals surface area contributed by atoms with Crippen molar-refractivity contribution in [1.29, 1.82) is 0 Å². The number of rotatable bonds is 6. The van der Waals surface area contributed by atoms with Crippen molar-refractivity contribution in [2.45, 2.75) is 57.4 Å². The molecule has 2 unspecified atom stereocenters. The third kappa shape index (κ3) is 4.78. The highest BCUT2D eigenvalue weighted by Gasteiger charge is 2.42. The lowest BCUT2D eigenvalue weighted by Crippen LogP contribution is -2.46. The van der Waals surface area contributed by atoms with Crippen LogP contribution in [0.3, 0.4) is 0 Å². The van der Waals surface area contributed by atoms with Crippen LogP contribution in [0.25, 0.3) is 0 Å². The maximum Gasteiger partial charge on any atom is 0.253 e. The molecule has 3 fully saturated rings. The molecule has 1 aliphatic heterocycles. The van der Waals surface area contributed by atoms with E-state index in [0.29, 0.717) is 11.8 Å². The number of fused-ring (bicyclic) bond motifs is 2. The average molecular weight is 431 g/mol. The number of amides is 1. The summed E-state index contributed by atoms with van der Waals surface area (Å²) < 4.78 is 0. The summed E-state index contributed by atoms with van der Waals surface area (Å²) in [5.41, 5.74) is 3.68. The molecule has 1 heterocycles. The van der Waals surface area contributed by atoms with Gasteiger partial charge in [0.05, 0.1) is 0 Å². The van der Waals surface area contributed by atoms with E-state index in [0.717, 1.165) is 30.5 Å². The van der Waals surface area contributed by atoms with Crippen LogP contribution in [0.2, 0.25) is 0 Å². The highest BCUT2D eigenvalue weighted by molar-refractivity contribution is 5.94. The molecule has 170 valence electrons. The van der Waals surface area contributed by atoms with E-state index in [-0.39, 0.29) is 5.91 Å². The van der Waals surface area contributed by atoms with Gasteiger partial charge in [0.2, 0.25) is 0 Å². The molecule has 2 saturated carbocycles. The number of carbonyl (C=O) groups is 1. The Hall–Kier alpha value is -2.13. The zero-order chi connectivity index (χ0) is 21.9. The molecule has 32 heavy (non-hydrogen) atoms. The monoisotopic (exact) mass is 430 g/mol. The number of carbonyl (C=O) groups excluding carboxylic acids is 1. The molecular formula is C29H38N2O. The first-order valence-corrected chi connectivity index (χ1v) is 12.8. The third-order valence-electron chi connectivity index (χ3n) is 8.42. The first-order chi connectivity index (χ1) is 15.7. The second-order valence-corrected chi connectivity index (χ2v) is 10.6. The molecule has 2 atom stereocenters. The molecule has 2 aromatic carbocycles. The lowest BCUT2D eigenvalue weighted by Gasteiger charge is -2.39. The molecular weight excluding hydrogens is 392 g/mol. The summed E-state index contributed by atoms with van der Waals surface area (Å²) in [5.74, 6) is 2.98. The number of hydrogen-bond donors (Lipinski definition) is 0. The van der Waals surface area contributed by atoms with Crippen LogP contribution in [0, 0.1) is 17.8 Å². The fourth-order valence-corrected chi connectivity index (χ4v) is 6.65. The fourth-order valence-electron chi connectivity index (χ4n) is 6.65. The van der Waals surface area contributed by atoms with Crippen LogP contribution in [0.5, 0.6) is 0 Å². The van der Waals surface area contributed by atoms with Crippen molar-refractivity contribution in [3.63, 3.8) is 0 Å². The molecule has 3 nitrogen and oxygen atoms in total. The maximum absolute atomic E-state index is 13.2. The normalized spacial score (nSPS) is 26.2. The van der Waals surface area contributed by atoms with Gasteiger partial charge in [0.15, 0.2) is 0 Å². The van der Waals surface area contributed by atoms with E-state index in [1.807, 2.05) is 11.9 Å². The number of hydrogen-bond acceptors (Lipinski definition) is 2. The minimum absolute atomic E-state index is 0.186. The lowest BCUT2D eigenvalue weighted by atomic mass is 9.83.